The van der Waals surface area contributed by atoms with Crippen molar-refractivity contribution in [2.75, 3.05) is 27.3 Å². The number of fused-ring (bicyclic) bond motifs is 1. The molecule has 2 N–H and O–H groups in total. The van der Waals surface area contributed by atoms with Gasteiger partial charge in [0.05, 0.1) is 38.0 Å². The summed E-state index contributed by atoms with van der Waals surface area (Å²) < 4.78 is 24.6. The van der Waals surface area contributed by atoms with Gasteiger partial charge in [0, 0.05) is 17.5 Å². The first-order chi connectivity index (χ1) is 13.0. The first-order valence-corrected chi connectivity index (χ1v) is 9.14. The Morgan fingerprint density at radius 1 is 1.44 bits per heavy atom. The van der Waals surface area contributed by atoms with Crippen LogP contribution in [0.3, 0.4) is 0 Å². The number of carbonyl (C=O) groups excluding carboxylic acids is 1. The molecule has 1 aromatic carbocycles. The molecule has 0 spiro atoms. The first-order valence-electron chi connectivity index (χ1n) is 9.14. The van der Waals surface area contributed by atoms with E-state index in [1.807, 2.05) is 0 Å². The second-order valence-corrected chi connectivity index (χ2v) is 6.88. The highest BCUT2D eigenvalue weighted by Crippen LogP contribution is 2.34. The van der Waals surface area contributed by atoms with Crippen molar-refractivity contribution in [2.24, 2.45) is 11.8 Å². The number of aliphatic hydroxyl groups excluding tert-OH is 1. The molecule has 2 heterocycles. The smallest absolute Gasteiger partial charge is 0.310 e. The SMILES string of the molecule is COC(=O)C1CNCCC1CCC(O)c1c(F)cnc2ccc(OC)cc12. The number of piperidine rings is 1. The van der Waals surface area contributed by atoms with Gasteiger partial charge in [0.25, 0.3) is 0 Å². The van der Waals surface area contributed by atoms with Crippen LogP contribution in [0.15, 0.2) is 24.4 Å². The van der Waals surface area contributed by atoms with E-state index in [4.69, 9.17) is 9.47 Å². The van der Waals surface area contributed by atoms with Gasteiger partial charge < -0.3 is 19.9 Å². The van der Waals surface area contributed by atoms with Crippen molar-refractivity contribution in [1.29, 1.82) is 0 Å². The van der Waals surface area contributed by atoms with Crippen LogP contribution >= 0.6 is 0 Å². The number of hydrogen-bond acceptors (Lipinski definition) is 6. The maximum Gasteiger partial charge on any atom is 0.310 e. The Balaban J connectivity index is 1.80. The topological polar surface area (TPSA) is 80.7 Å². The molecule has 0 radical (unpaired) electrons. The van der Waals surface area contributed by atoms with Gasteiger partial charge in [0.15, 0.2) is 0 Å². The summed E-state index contributed by atoms with van der Waals surface area (Å²) in [5.74, 6) is -0.355. The quantitative estimate of drug-likeness (QED) is 0.755. The van der Waals surface area contributed by atoms with Crippen LogP contribution < -0.4 is 10.1 Å². The van der Waals surface area contributed by atoms with E-state index in [2.05, 4.69) is 10.3 Å². The van der Waals surface area contributed by atoms with Crippen LogP contribution in [0.1, 0.15) is 30.9 Å². The largest absolute Gasteiger partial charge is 0.497 e. The summed E-state index contributed by atoms with van der Waals surface area (Å²) in [4.78, 5) is 16.1. The predicted octanol–water partition coefficient (Wildman–Crippen LogP) is 2.59. The van der Waals surface area contributed by atoms with Crippen LogP contribution in [-0.2, 0) is 9.53 Å². The Kier molecular flexibility index (Phi) is 6.23. The first kappa shape index (κ1) is 19.5. The fourth-order valence-electron chi connectivity index (χ4n) is 3.84. The Bertz CT molecular complexity index is 814. The molecule has 0 bridgehead atoms. The van der Waals surface area contributed by atoms with E-state index in [9.17, 15) is 14.3 Å². The maximum atomic E-state index is 14.5. The number of pyridine rings is 1. The highest BCUT2D eigenvalue weighted by Gasteiger charge is 2.32. The number of esters is 1. The van der Waals surface area contributed by atoms with E-state index in [0.717, 1.165) is 19.2 Å². The zero-order chi connectivity index (χ0) is 19.4. The lowest BCUT2D eigenvalue weighted by atomic mass is 9.82. The van der Waals surface area contributed by atoms with E-state index in [1.54, 1.807) is 18.2 Å². The molecule has 27 heavy (non-hydrogen) atoms. The van der Waals surface area contributed by atoms with Crippen molar-refractivity contribution in [1.82, 2.24) is 10.3 Å². The van der Waals surface area contributed by atoms with Gasteiger partial charge in [-0.1, -0.05) is 0 Å². The van der Waals surface area contributed by atoms with E-state index in [-0.39, 0.29) is 23.4 Å². The predicted molar refractivity (Wildman–Crippen MR) is 98.9 cm³/mol. The fraction of sp³-hybridized carbons (Fsp3) is 0.500. The van der Waals surface area contributed by atoms with Crippen LogP contribution in [0.4, 0.5) is 4.39 Å². The standard InChI is InChI=1S/C20H25FN2O4/c1-26-13-4-5-17-14(9-13)19(16(21)11-23-17)18(24)6-3-12-7-8-22-10-15(12)20(25)27-2/h4-5,9,11-12,15,18,22,24H,3,6-8,10H2,1-2H3. The van der Waals surface area contributed by atoms with Crippen molar-refractivity contribution in [2.45, 2.75) is 25.4 Å². The minimum Gasteiger partial charge on any atom is -0.497 e. The van der Waals surface area contributed by atoms with E-state index in [1.165, 1.54) is 14.2 Å². The molecule has 1 aliphatic heterocycles. The molecule has 6 nitrogen and oxygen atoms in total. The molecule has 2 aromatic rings. The third-order valence-corrected chi connectivity index (χ3v) is 5.34. The Hall–Kier alpha value is -2.25. The van der Waals surface area contributed by atoms with Crippen LogP contribution in [0.25, 0.3) is 10.9 Å². The van der Waals surface area contributed by atoms with Crippen molar-refractivity contribution >= 4 is 16.9 Å². The van der Waals surface area contributed by atoms with Crippen LogP contribution in [0.5, 0.6) is 5.75 Å². The molecule has 3 unspecified atom stereocenters. The van der Waals surface area contributed by atoms with Gasteiger partial charge in [0.2, 0.25) is 0 Å². The monoisotopic (exact) mass is 376 g/mol. The van der Waals surface area contributed by atoms with Gasteiger partial charge in [-0.3, -0.25) is 9.78 Å². The molecule has 146 valence electrons. The third-order valence-electron chi connectivity index (χ3n) is 5.34. The number of benzene rings is 1. The summed E-state index contributed by atoms with van der Waals surface area (Å²) >= 11 is 0. The lowest BCUT2D eigenvalue weighted by molar-refractivity contribution is -0.148. The second-order valence-electron chi connectivity index (χ2n) is 6.88. The normalized spacial score (nSPS) is 21.0. The van der Waals surface area contributed by atoms with Crippen LogP contribution in [-0.4, -0.2) is 43.4 Å². The summed E-state index contributed by atoms with van der Waals surface area (Å²) in [6.45, 7) is 1.38. The minimum absolute atomic E-state index is 0.0963. The molecule has 0 saturated carbocycles. The highest BCUT2D eigenvalue weighted by atomic mass is 19.1. The molecular formula is C20H25FN2O4. The molecule has 3 rings (SSSR count). The Morgan fingerprint density at radius 2 is 2.26 bits per heavy atom. The summed E-state index contributed by atoms with van der Waals surface area (Å²) in [6, 6.07) is 5.18. The van der Waals surface area contributed by atoms with Gasteiger partial charge in [-0.25, -0.2) is 4.39 Å². The Morgan fingerprint density at radius 3 is 3.00 bits per heavy atom. The zero-order valence-electron chi connectivity index (χ0n) is 15.6. The number of nitrogens with one attached hydrogen (secondary N) is 1. The van der Waals surface area contributed by atoms with Crippen molar-refractivity contribution in [3.63, 3.8) is 0 Å². The molecule has 1 aromatic heterocycles. The maximum absolute atomic E-state index is 14.5. The summed E-state index contributed by atoms with van der Waals surface area (Å²) in [5.41, 5.74) is 0.822. The average molecular weight is 376 g/mol. The number of methoxy groups -OCH3 is 2. The zero-order valence-corrected chi connectivity index (χ0v) is 15.6. The number of hydrogen-bond donors (Lipinski definition) is 2. The molecule has 1 saturated heterocycles. The van der Waals surface area contributed by atoms with Crippen molar-refractivity contribution in [3.8, 4) is 5.75 Å². The summed E-state index contributed by atoms with van der Waals surface area (Å²) in [5, 5.41) is 14.5. The number of carbonyl (C=O) groups is 1. The molecule has 7 heteroatoms. The molecule has 0 amide bonds. The molecule has 3 atom stereocenters. The summed E-state index contributed by atoms with van der Waals surface area (Å²) in [6.07, 6.45) is 1.92. The molecule has 1 fully saturated rings. The van der Waals surface area contributed by atoms with Gasteiger partial charge in [-0.2, -0.15) is 0 Å². The van der Waals surface area contributed by atoms with Gasteiger partial charge in [-0.05, 0) is 49.9 Å². The lowest BCUT2D eigenvalue weighted by Gasteiger charge is -2.30. The van der Waals surface area contributed by atoms with Crippen LogP contribution in [0.2, 0.25) is 0 Å². The number of rotatable bonds is 6. The molecule has 0 aliphatic carbocycles. The third kappa shape index (κ3) is 4.20. The number of ether oxygens (including phenoxy) is 2. The average Bonchev–Trinajstić information content (AvgIpc) is 2.71. The van der Waals surface area contributed by atoms with Gasteiger partial charge >= 0.3 is 5.97 Å². The minimum atomic E-state index is -0.990. The van der Waals surface area contributed by atoms with Gasteiger partial charge in [0.1, 0.15) is 11.6 Å². The van der Waals surface area contributed by atoms with Crippen molar-refractivity contribution in [3.05, 3.63) is 35.8 Å². The van der Waals surface area contributed by atoms with Gasteiger partial charge in [-0.15, -0.1) is 0 Å². The Labute approximate surface area is 157 Å². The lowest BCUT2D eigenvalue weighted by Crippen LogP contribution is -2.41. The molecular weight excluding hydrogens is 351 g/mol. The summed E-state index contributed by atoms with van der Waals surface area (Å²) in [7, 11) is 2.92. The van der Waals surface area contributed by atoms with E-state index < -0.39 is 11.9 Å². The number of halogens is 1. The second kappa shape index (κ2) is 8.63. The van der Waals surface area contributed by atoms with E-state index >= 15 is 0 Å². The molecule has 1 aliphatic rings. The highest BCUT2D eigenvalue weighted by molar-refractivity contribution is 5.84. The van der Waals surface area contributed by atoms with E-state index in [0.29, 0.717) is 36.0 Å². The fourth-order valence-corrected chi connectivity index (χ4v) is 3.84. The number of aliphatic hydroxyl groups is 1. The van der Waals surface area contributed by atoms with Crippen LogP contribution in [0, 0.1) is 17.7 Å². The number of nitrogens with zero attached hydrogens (tertiary/aromatic N) is 1. The number of aromatic nitrogens is 1. The van der Waals surface area contributed by atoms with Crippen molar-refractivity contribution < 1.29 is 23.8 Å².